The Kier molecular flexibility index (Phi) is 5.55. The van der Waals surface area contributed by atoms with Crippen LogP contribution in [0.4, 0.5) is 5.69 Å². The molecule has 6 heteroatoms. The average Bonchev–Trinajstić information content (AvgIpc) is 3.34. The zero-order valence-electron chi connectivity index (χ0n) is 16.0. The van der Waals surface area contributed by atoms with E-state index in [0.29, 0.717) is 12.1 Å². The van der Waals surface area contributed by atoms with Gasteiger partial charge >= 0.3 is 0 Å². The fourth-order valence-electron chi connectivity index (χ4n) is 3.81. The van der Waals surface area contributed by atoms with Crippen LogP contribution in [0.25, 0.3) is 11.3 Å². The molecule has 1 atom stereocenters. The van der Waals surface area contributed by atoms with Gasteiger partial charge in [-0.1, -0.05) is 12.1 Å². The van der Waals surface area contributed by atoms with Crippen LogP contribution in [0.3, 0.4) is 0 Å². The van der Waals surface area contributed by atoms with Crippen molar-refractivity contribution in [2.45, 2.75) is 45.3 Å². The fourth-order valence-corrected chi connectivity index (χ4v) is 4.43. The summed E-state index contributed by atoms with van der Waals surface area (Å²) in [6.07, 6.45) is 6.21. The third kappa shape index (κ3) is 4.57. The Bertz CT molecular complexity index is 849. The van der Waals surface area contributed by atoms with Gasteiger partial charge in [0.15, 0.2) is 0 Å². The van der Waals surface area contributed by atoms with Crippen molar-refractivity contribution in [3.8, 4) is 11.3 Å². The largest absolute Gasteiger partial charge is 0.371 e. The zero-order chi connectivity index (χ0) is 18.6. The van der Waals surface area contributed by atoms with Gasteiger partial charge in [-0.15, -0.1) is 11.3 Å². The first-order valence-electron chi connectivity index (χ1n) is 9.68. The van der Waals surface area contributed by atoms with Crippen molar-refractivity contribution in [2.75, 3.05) is 18.0 Å². The van der Waals surface area contributed by atoms with Crippen molar-refractivity contribution in [1.82, 2.24) is 20.1 Å². The number of thiazole rings is 1. The SMILES string of the molecule is Cc1nc(-c2cccc(N3CCC(NC(C)Cn4cccn4)CC3)c2)cs1. The molecule has 0 aliphatic carbocycles. The Balaban J connectivity index is 1.32. The Morgan fingerprint density at radius 2 is 2.11 bits per heavy atom. The van der Waals surface area contributed by atoms with Crippen molar-refractivity contribution >= 4 is 17.0 Å². The summed E-state index contributed by atoms with van der Waals surface area (Å²) in [6.45, 7) is 7.40. The minimum Gasteiger partial charge on any atom is -0.371 e. The fraction of sp³-hybridized carbons (Fsp3) is 0.429. The zero-order valence-corrected chi connectivity index (χ0v) is 16.8. The molecule has 5 nitrogen and oxygen atoms in total. The second kappa shape index (κ2) is 8.23. The van der Waals surface area contributed by atoms with E-state index in [-0.39, 0.29) is 0 Å². The van der Waals surface area contributed by atoms with Gasteiger partial charge in [0.1, 0.15) is 0 Å². The Labute approximate surface area is 165 Å². The number of benzene rings is 1. The van der Waals surface area contributed by atoms with Gasteiger partial charge in [-0.25, -0.2) is 4.98 Å². The Morgan fingerprint density at radius 3 is 2.81 bits per heavy atom. The molecule has 4 rings (SSSR count). The standard InChI is InChI=1S/C21H27N5S/c1-16(14-26-10-4-9-22-26)23-19-7-11-25(12-8-19)20-6-3-5-18(13-20)21-15-27-17(2)24-21/h3-6,9-10,13,15-16,19,23H,7-8,11-12,14H2,1-2H3. The van der Waals surface area contributed by atoms with Gasteiger partial charge in [0.05, 0.1) is 17.2 Å². The first kappa shape index (κ1) is 18.2. The van der Waals surface area contributed by atoms with E-state index >= 15 is 0 Å². The molecule has 1 fully saturated rings. The normalized spacial score (nSPS) is 16.6. The van der Waals surface area contributed by atoms with Crippen LogP contribution < -0.4 is 10.2 Å². The number of aromatic nitrogens is 3. The highest BCUT2D eigenvalue weighted by Crippen LogP contribution is 2.27. The molecule has 0 amide bonds. The number of hydrogen-bond donors (Lipinski definition) is 1. The minimum absolute atomic E-state index is 0.428. The van der Waals surface area contributed by atoms with E-state index in [9.17, 15) is 0 Å². The smallest absolute Gasteiger partial charge is 0.0901 e. The van der Waals surface area contributed by atoms with E-state index in [2.05, 4.69) is 63.8 Å². The molecule has 1 aliphatic rings. The van der Waals surface area contributed by atoms with E-state index in [0.717, 1.165) is 30.3 Å². The van der Waals surface area contributed by atoms with Crippen LogP contribution in [-0.4, -0.2) is 39.9 Å². The van der Waals surface area contributed by atoms with Gasteiger partial charge < -0.3 is 10.2 Å². The van der Waals surface area contributed by atoms with Gasteiger partial charge in [0.2, 0.25) is 0 Å². The molecule has 3 aromatic rings. The third-order valence-electron chi connectivity index (χ3n) is 5.16. The molecular formula is C21H27N5S. The van der Waals surface area contributed by atoms with Gasteiger partial charge in [-0.2, -0.15) is 5.10 Å². The second-order valence-corrected chi connectivity index (χ2v) is 8.42. The van der Waals surface area contributed by atoms with Crippen molar-refractivity contribution < 1.29 is 0 Å². The lowest BCUT2D eigenvalue weighted by Crippen LogP contribution is -2.46. The van der Waals surface area contributed by atoms with Crippen LogP contribution in [0.15, 0.2) is 48.1 Å². The first-order chi connectivity index (χ1) is 13.2. The highest BCUT2D eigenvalue weighted by molar-refractivity contribution is 7.09. The van der Waals surface area contributed by atoms with Gasteiger partial charge in [0.25, 0.3) is 0 Å². The topological polar surface area (TPSA) is 46.0 Å². The Hall–Kier alpha value is -2.18. The summed E-state index contributed by atoms with van der Waals surface area (Å²) >= 11 is 1.71. The highest BCUT2D eigenvalue weighted by atomic mass is 32.1. The number of rotatable bonds is 6. The molecule has 27 heavy (non-hydrogen) atoms. The summed E-state index contributed by atoms with van der Waals surface area (Å²) in [7, 11) is 0. The molecule has 142 valence electrons. The van der Waals surface area contributed by atoms with Gasteiger partial charge in [0, 0.05) is 54.2 Å². The van der Waals surface area contributed by atoms with Crippen LogP contribution in [0.1, 0.15) is 24.8 Å². The minimum atomic E-state index is 0.428. The summed E-state index contributed by atoms with van der Waals surface area (Å²) in [5.74, 6) is 0. The summed E-state index contributed by atoms with van der Waals surface area (Å²) in [6, 6.07) is 11.8. The Morgan fingerprint density at radius 1 is 1.26 bits per heavy atom. The lowest BCUT2D eigenvalue weighted by atomic mass is 10.0. The van der Waals surface area contributed by atoms with Crippen molar-refractivity contribution in [1.29, 1.82) is 0 Å². The van der Waals surface area contributed by atoms with E-state index in [1.807, 2.05) is 23.1 Å². The second-order valence-electron chi connectivity index (χ2n) is 7.36. The molecule has 3 heterocycles. The number of anilines is 1. The molecule has 2 aromatic heterocycles. The van der Waals surface area contributed by atoms with Gasteiger partial charge in [-0.3, -0.25) is 4.68 Å². The molecule has 0 saturated carbocycles. The number of nitrogens with zero attached hydrogens (tertiary/aromatic N) is 4. The lowest BCUT2D eigenvalue weighted by molar-refractivity contribution is 0.348. The van der Waals surface area contributed by atoms with E-state index in [1.54, 1.807) is 11.3 Å². The molecule has 0 spiro atoms. The van der Waals surface area contributed by atoms with Crippen molar-refractivity contribution in [3.05, 3.63) is 53.1 Å². The summed E-state index contributed by atoms with van der Waals surface area (Å²) in [5, 5.41) is 11.3. The predicted molar refractivity (Wildman–Crippen MR) is 112 cm³/mol. The van der Waals surface area contributed by atoms with E-state index in [4.69, 9.17) is 0 Å². The highest BCUT2D eigenvalue weighted by Gasteiger charge is 2.21. The average molecular weight is 382 g/mol. The number of nitrogens with one attached hydrogen (secondary N) is 1. The van der Waals surface area contributed by atoms with Crippen LogP contribution >= 0.6 is 11.3 Å². The molecule has 0 radical (unpaired) electrons. The molecule has 1 aromatic carbocycles. The van der Waals surface area contributed by atoms with E-state index in [1.165, 1.54) is 24.1 Å². The molecule has 1 saturated heterocycles. The van der Waals surface area contributed by atoms with Crippen molar-refractivity contribution in [3.63, 3.8) is 0 Å². The molecule has 1 aliphatic heterocycles. The van der Waals surface area contributed by atoms with Crippen molar-refractivity contribution in [2.24, 2.45) is 0 Å². The maximum absolute atomic E-state index is 4.63. The quantitative estimate of drug-likeness (QED) is 0.702. The number of aryl methyl sites for hydroxylation is 1. The predicted octanol–water partition coefficient (Wildman–Crippen LogP) is 3.96. The number of hydrogen-bond acceptors (Lipinski definition) is 5. The van der Waals surface area contributed by atoms with Gasteiger partial charge in [-0.05, 0) is 44.9 Å². The van der Waals surface area contributed by atoms with E-state index < -0.39 is 0 Å². The van der Waals surface area contributed by atoms with Crippen LogP contribution in [0, 0.1) is 6.92 Å². The number of piperidine rings is 1. The van der Waals surface area contributed by atoms with Crippen LogP contribution in [-0.2, 0) is 6.54 Å². The molecule has 0 bridgehead atoms. The van der Waals surface area contributed by atoms with Crippen LogP contribution in [0.5, 0.6) is 0 Å². The maximum Gasteiger partial charge on any atom is 0.0901 e. The first-order valence-corrected chi connectivity index (χ1v) is 10.6. The molecule has 1 unspecified atom stereocenters. The summed E-state index contributed by atoms with van der Waals surface area (Å²) in [5.41, 5.74) is 3.61. The monoisotopic (exact) mass is 381 g/mol. The lowest BCUT2D eigenvalue weighted by Gasteiger charge is -2.35. The third-order valence-corrected chi connectivity index (χ3v) is 5.93. The maximum atomic E-state index is 4.63. The van der Waals surface area contributed by atoms with Crippen LogP contribution in [0.2, 0.25) is 0 Å². The molecular weight excluding hydrogens is 354 g/mol. The summed E-state index contributed by atoms with van der Waals surface area (Å²) in [4.78, 5) is 7.12. The summed E-state index contributed by atoms with van der Waals surface area (Å²) < 4.78 is 2.00. The molecule has 1 N–H and O–H groups in total.